The molecule has 0 aliphatic carbocycles. The van der Waals surface area contributed by atoms with Crippen molar-refractivity contribution in [2.45, 2.75) is 88.2 Å². The topological polar surface area (TPSA) is 57.7 Å². The quantitative estimate of drug-likeness (QED) is 0.448. The molecule has 34 heavy (non-hydrogen) atoms. The lowest BCUT2D eigenvalue weighted by Gasteiger charge is -2.54. The van der Waals surface area contributed by atoms with Gasteiger partial charge in [-0.25, -0.2) is 17.1 Å². The molecule has 0 radical (unpaired) electrons. The Labute approximate surface area is 204 Å². The van der Waals surface area contributed by atoms with Crippen molar-refractivity contribution in [3.8, 4) is 0 Å². The van der Waals surface area contributed by atoms with Gasteiger partial charge in [0.1, 0.15) is 0 Å². The third-order valence-corrected chi connectivity index (χ3v) is 16.5. The molecule has 2 atom stereocenters. The highest BCUT2D eigenvalue weighted by atomic mass is 32.2. The summed E-state index contributed by atoms with van der Waals surface area (Å²) in [6, 6.07) is 13.6. The van der Waals surface area contributed by atoms with E-state index in [-0.39, 0.29) is 21.5 Å². The Bertz CT molecular complexity index is 1190. The lowest BCUT2D eigenvalue weighted by atomic mass is 9.93. The van der Waals surface area contributed by atoms with Crippen molar-refractivity contribution < 1.29 is 17.6 Å². The predicted octanol–water partition coefficient (Wildman–Crippen LogP) is 6.10. The standard InChI is InChI=1S/C26H35FN2O3SSi/c1-17(2)34(18(3)4,19(5)6)29-23-14-13-20(7)15-22(23)26(27)16-24(30)28(25(26)29)33(31,32)21-11-9-8-10-12-21/h8-15,17-19,25H,16H2,1-7H3/t25-,26-/m1/s1. The van der Waals surface area contributed by atoms with Crippen molar-refractivity contribution in [2.24, 2.45) is 0 Å². The van der Waals surface area contributed by atoms with E-state index in [2.05, 4.69) is 46.1 Å². The summed E-state index contributed by atoms with van der Waals surface area (Å²) < 4.78 is 47.9. The molecule has 0 saturated carbocycles. The van der Waals surface area contributed by atoms with Crippen LogP contribution >= 0.6 is 0 Å². The predicted molar refractivity (Wildman–Crippen MR) is 136 cm³/mol. The number of carbonyl (C=O) groups is 1. The summed E-state index contributed by atoms with van der Waals surface area (Å²) in [6.45, 7) is 14.8. The zero-order valence-corrected chi connectivity index (χ0v) is 22.9. The lowest BCUT2D eigenvalue weighted by Crippen LogP contribution is -2.67. The van der Waals surface area contributed by atoms with Gasteiger partial charge in [-0.2, -0.15) is 0 Å². The van der Waals surface area contributed by atoms with Crippen molar-refractivity contribution in [2.75, 3.05) is 4.57 Å². The van der Waals surface area contributed by atoms with Crippen LogP contribution in [0.1, 0.15) is 59.1 Å². The number of fused-ring (bicyclic) bond motifs is 3. The number of anilines is 1. The number of aryl methyl sites for hydroxylation is 1. The van der Waals surface area contributed by atoms with E-state index in [4.69, 9.17) is 0 Å². The van der Waals surface area contributed by atoms with Crippen LogP contribution in [0, 0.1) is 6.92 Å². The van der Waals surface area contributed by atoms with Crippen LogP contribution in [0.3, 0.4) is 0 Å². The SMILES string of the molecule is Cc1ccc2c(c1)[C@]1(F)CC(=O)N(S(=O)(=O)c3ccccc3)[C@@H]1N2[Si](C(C)C)(C(C)C)C(C)C. The molecular weight excluding hydrogens is 467 g/mol. The molecule has 0 bridgehead atoms. The van der Waals surface area contributed by atoms with Crippen molar-refractivity contribution in [3.63, 3.8) is 0 Å². The van der Waals surface area contributed by atoms with Gasteiger partial charge in [-0.05, 0) is 41.7 Å². The first-order chi connectivity index (χ1) is 15.8. The average molecular weight is 503 g/mol. The molecule has 2 aliphatic heterocycles. The van der Waals surface area contributed by atoms with Crippen molar-refractivity contribution in [1.29, 1.82) is 0 Å². The van der Waals surface area contributed by atoms with Gasteiger partial charge in [0.05, 0.1) is 11.3 Å². The second-order valence-electron chi connectivity index (χ2n) is 10.7. The van der Waals surface area contributed by atoms with Crippen LogP contribution in [-0.4, -0.2) is 33.0 Å². The lowest BCUT2D eigenvalue weighted by molar-refractivity contribution is -0.124. The summed E-state index contributed by atoms with van der Waals surface area (Å²) >= 11 is 0. The number of nitrogens with zero attached hydrogens (tertiary/aromatic N) is 2. The average Bonchev–Trinajstić information content (AvgIpc) is 3.15. The number of alkyl halides is 1. The fourth-order valence-electron chi connectivity index (χ4n) is 6.81. The molecule has 0 N–H and O–H groups in total. The molecular formula is C26H35FN2O3SSi. The maximum atomic E-state index is 17.2. The maximum Gasteiger partial charge on any atom is 0.268 e. The van der Waals surface area contributed by atoms with Crippen molar-refractivity contribution in [1.82, 2.24) is 4.31 Å². The van der Waals surface area contributed by atoms with E-state index in [1.165, 1.54) is 12.1 Å². The van der Waals surface area contributed by atoms with Crippen LogP contribution in [0.5, 0.6) is 0 Å². The van der Waals surface area contributed by atoms with Gasteiger partial charge in [0.25, 0.3) is 10.0 Å². The summed E-state index contributed by atoms with van der Waals surface area (Å²) in [5.41, 5.74) is 0.552. The number of halogens is 1. The Morgan fingerprint density at radius 1 is 0.971 bits per heavy atom. The number of rotatable bonds is 6. The molecule has 8 heteroatoms. The molecule has 4 rings (SSSR count). The van der Waals surface area contributed by atoms with E-state index in [0.717, 1.165) is 15.6 Å². The summed E-state index contributed by atoms with van der Waals surface area (Å²) in [5, 5.41) is 0. The van der Waals surface area contributed by atoms with Gasteiger partial charge in [-0.15, -0.1) is 0 Å². The zero-order chi connectivity index (χ0) is 25.2. The molecule has 1 saturated heterocycles. The minimum absolute atomic E-state index is 0.00518. The maximum absolute atomic E-state index is 17.2. The van der Waals surface area contributed by atoms with Gasteiger partial charge in [-0.3, -0.25) is 4.79 Å². The molecule has 2 aromatic rings. The number of hydrogen-bond acceptors (Lipinski definition) is 4. The molecule has 1 amide bonds. The fraction of sp³-hybridized carbons (Fsp3) is 0.500. The van der Waals surface area contributed by atoms with Gasteiger partial charge in [0.2, 0.25) is 5.91 Å². The van der Waals surface area contributed by atoms with Crippen LogP contribution < -0.4 is 4.57 Å². The van der Waals surface area contributed by atoms with Crippen LogP contribution in [0.2, 0.25) is 16.6 Å². The molecule has 0 aromatic heterocycles. The first kappa shape index (κ1) is 24.9. The van der Waals surface area contributed by atoms with Crippen LogP contribution in [0.15, 0.2) is 53.4 Å². The van der Waals surface area contributed by atoms with E-state index in [0.29, 0.717) is 5.56 Å². The number of sulfonamides is 1. The van der Waals surface area contributed by atoms with Crippen LogP contribution in [-0.2, 0) is 20.5 Å². The minimum atomic E-state index is -4.25. The number of amides is 1. The number of carbonyl (C=O) groups excluding carboxylic acids is 1. The monoisotopic (exact) mass is 502 g/mol. The third kappa shape index (κ3) is 3.21. The van der Waals surface area contributed by atoms with Crippen LogP contribution in [0.25, 0.3) is 0 Å². The summed E-state index contributed by atoms with van der Waals surface area (Å²) in [4.78, 5) is 13.4. The van der Waals surface area contributed by atoms with Gasteiger partial charge in [-0.1, -0.05) is 77.4 Å². The van der Waals surface area contributed by atoms with E-state index < -0.39 is 42.4 Å². The Kier molecular flexibility index (Phi) is 6.00. The fourth-order valence-corrected chi connectivity index (χ4v) is 15.5. The van der Waals surface area contributed by atoms with Gasteiger partial charge in [0.15, 0.2) is 20.1 Å². The van der Waals surface area contributed by atoms with Gasteiger partial charge in [0, 0.05) is 11.3 Å². The molecule has 5 nitrogen and oxygen atoms in total. The second-order valence-corrected chi connectivity index (χ2v) is 18.2. The first-order valence-electron chi connectivity index (χ1n) is 12.0. The molecule has 2 aliphatic rings. The number of hydrogen-bond donors (Lipinski definition) is 0. The zero-order valence-electron chi connectivity index (χ0n) is 21.0. The third-order valence-electron chi connectivity index (χ3n) is 7.88. The molecule has 184 valence electrons. The van der Waals surface area contributed by atoms with E-state index >= 15 is 4.39 Å². The Morgan fingerprint density at radius 3 is 2.06 bits per heavy atom. The number of benzene rings is 2. The van der Waals surface area contributed by atoms with E-state index in [1.807, 2.05) is 19.1 Å². The Morgan fingerprint density at radius 2 is 1.53 bits per heavy atom. The van der Waals surface area contributed by atoms with Crippen LogP contribution in [0.4, 0.5) is 10.1 Å². The Hall–Kier alpha value is -2.19. The van der Waals surface area contributed by atoms with Crippen molar-refractivity contribution in [3.05, 3.63) is 59.7 Å². The largest absolute Gasteiger partial charge is 0.373 e. The van der Waals surface area contributed by atoms with Gasteiger partial charge >= 0.3 is 0 Å². The summed E-state index contributed by atoms with van der Waals surface area (Å²) in [7, 11) is -6.87. The molecule has 1 fully saturated rings. The second kappa shape index (κ2) is 8.19. The summed E-state index contributed by atoms with van der Waals surface area (Å²) in [6.07, 6.45) is -1.70. The molecule has 2 aromatic carbocycles. The molecule has 0 unspecified atom stereocenters. The molecule has 0 spiro atoms. The minimum Gasteiger partial charge on any atom is -0.373 e. The first-order valence-corrected chi connectivity index (χ1v) is 15.6. The molecule has 2 heterocycles. The van der Waals surface area contributed by atoms with Gasteiger partial charge < -0.3 is 4.57 Å². The van der Waals surface area contributed by atoms with E-state index in [1.54, 1.807) is 24.3 Å². The van der Waals surface area contributed by atoms with E-state index in [9.17, 15) is 13.2 Å². The highest BCUT2D eigenvalue weighted by Crippen LogP contribution is 2.60. The normalized spacial score (nSPS) is 22.8. The Balaban J connectivity index is 2.05. The summed E-state index contributed by atoms with van der Waals surface area (Å²) in [5.74, 6) is -0.687. The highest BCUT2D eigenvalue weighted by Gasteiger charge is 2.69. The van der Waals surface area contributed by atoms with Crippen molar-refractivity contribution >= 4 is 29.9 Å². The highest BCUT2D eigenvalue weighted by molar-refractivity contribution is 7.89. The smallest absolute Gasteiger partial charge is 0.268 e.